The van der Waals surface area contributed by atoms with Gasteiger partial charge in [0.2, 0.25) is 0 Å². The Bertz CT molecular complexity index is 630. The first-order chi connectivity index (χ1) is 9.62. The second kappa shape index (κ2) is 7.68. The number of rotatable bonds is 6. The highest BCUT2D eigenvalue weighted by Crippen LogP contribution is 2.30. The fourth-order valence-corrected chi connectivity index (χ4v) is 3.52. The number of benzene rings is 1. The maximum absolute atomic E-state index is 12.0. The Labute approximate surface area is 139 Å². The first kappa shape index (κ1) is 18.6. The van der Waals surface area contributed by atoms with E-state index in [-0.39, 0.29) is 20.5 Å². The highest BCUT2D eigenvalue weighted by molar-refractivity contribution is 8.13. The van der Waals surface area contributed by atoms with Crippen LogP contribution in [0.25, 0.3) is 0 Å². The molecular formula is C13H16Cl3NO3S. The number of hydrogen-bond donors (Lipinski definition) is 1. The number of amides is 1. The second-order valence-corrected chi connectivity index (χ2v) is 8.34. The van der Waals surface area contributed by atoms with Crippen LogP contribution in [0.5, 0.6) is 0 Å². The van der Waals surface area contributed by atoms with Crippen molar-refractivity contribution in [2.45, 2.75) is 31.6 Å². The molecule has 0 aliphatic carbocycles. The topological polar surface area (TPSA) is 63.2 Å². The van der Waals surface area contributed by atoms with Crippen LogP contribution in [0, 0.1) is 5.92 Å². The molecule has 0 heterocycles. The van der Waals surface area contributed by atoms with Crippen molar-refractivity contribution in [3.05, 3.63) is 27.7 Å². The van der Waals surface area contributed by atoms with E-state index in [0.29, 0.717) is 12.5 Å². The molecule has 0 aromatic heterocycles. The average Bonchev–Trinajstić information content (AvgIpc) is 2.32. The Morgan fingerprint density at radius 3 is 2.38 bits per heavy atom. The normalized spacial score (nSPS) is 11.7. The summed E-state index contributed by atoms with van der Waals surface area (Å²) in [5, 5.41) is 2.64. The molecule has 1 aromatic rings. The Balaban J connectivity index is 2.90. The lowest BCUT2D eigenvalue weighted by Gasteiger charge is -2.10. The Hall–Kier alpha value is -0.490. The summed E-state index contributed by atoms with van der Waals surface area (Å²) in [6.07, 6.45) is 1.81. The third-order valence-corrected chi connectivity index (χ3v) is 4.87. The van der Waals surface area contributed by atoms with Crippen LogP contribution < -0.4 is 5.32 Å². The lowest BCUT2D eigenvalue weighted by atomic mass is 10.1. The number of carbonyl (C=O) groups is 1. The molecule has 0 fully saturated rings. The first-order valence-electron chi connectivity index (χ1n) is 6.35. The number of carbonyl (C=O) groups excluding carboxylic acids is 1. The SMILES string of the molecule is CC(C)CCCNC(=O)c1cc(S(=O)(=O)Cl)c(Cl)cc1Cl. The summed E-state index contributed by atoms with van der Waals surface area (Å²) in [7, 11) is 1.23. The van der Waals surface area contributed by atoms with Gasteiger partial charge in [0, 0.05) is 17.2 Å². The molecule has 1 N–H and O–H groups in total. The second-order valence-electron chi connectivity index (χ2n) is 4.99. The Morgan fingerprint density at radius 2 is 1.86 bits per heavy atom. The highest BCUT2D eigenvalue weighted by atomic mass is 35.7. The smallest absolute Gasteiger partial charge is 0.262 e. The molecule has 1 amide bonds. The van der Waals surface area contributed by atoms with E-state index in [2.05, 4.69) is 19.2 Å². The van der Waals surface area contributed by atoms with Gasteiger partial charge in [-0.2, -0.15) is 0 Å². The summed E-state index contributed by atoms with van der Waals surface area (Å²) in [4.78, 5) is 11.7. The molecular weight excluding hydrogens is 357 g/mol. The minimum atomic E-state index is -4.04. The van der Waals surface area contributed by atoms with Gasteiger partial charge in [0.05, 0.1) is 15.6 Å². The van der Waals surface area contributed by atoms with E-state index in [1.54, 1.807) is 0 Å². The van der Waals surface area contributed by atoms with Gasteiger partial charge in [-0.15, -0.1) is 0 Å². The fourth-order valence-electron chi connectivity index (χ4n) is 1.70. The van der Waals surface area contributed by atoms with E-state index in [1.807, 2.05) is 0 Å². The van der Waals surface area contributed by atoms with Crippen LogP contribution in [0.1, 0.15) is 37.0 Å². The van der Waals surface area contributed by atoms with E-state index in [9.17, 15) is 13.2 Å². The van der Waals surface area contributed by atoms with E-state index < -0.39 is 15.0 Å². The fraction of sp³-hybridized carbons (Fsp3) is 0.462. The lowest BCUT2D eigenvalue weighted by Crippen LogP contribution is -2.25. The number of hydrogen-bond acceptors (Lipinski definition) is 3. The zero-order valence-corrected chi connectivity index (χ0v) is 14.7. The highest BCUT2D eigenvalue weighted by Gasteiger charge is 2.20. The van der Waals surface area contributed by atoms with Gasteiger partial charge in [-0.1, -0.05) is 37.0 Å². The molecule has 0 atom stereocenters. The quantitative estimate of drug-likeness (QED) is 0.604. The minimum absolute atomic E-state index is 0.0323. The molecule has 8 heteroatoms. The van der Waals surface area contributed by atoms with Gasteiger partial charge in [-0.25, -0.2) is 8.42 Å². The van der Waals surface area contributed by atoms with Crippen molar-refractivity contribution < 1.29 is 13.2 Å². The third-order valence-electron chi connectivity index (χ3n) is 2.77. The van der Waals surface area contributed by atoms with E-state index in [1.165, 1.54) is 6.07 Å². The van der Waals surface area contributed by atoms with Crippen LogP contribution in [-0.2, 0) is 9.05 Å². The molecule has 0 radical (unpaired) electrons. The van der Waals surface area contributed by atoms with E-state index in [0.717, 1.165) is 18.9 Å². The molecule has 0 saturated carbocycles. The standard InChI is InChI=1S/C13H16Cl3NO3S/c1-8(2)4-3-5-17-13(18)9-6-12(21(16,19)20)11(15)7-10(9)14/h6-8H,3-5H2,1-2H3,(H,17,18). The third kappa shape index (κ3) is 5.66. The summed E-state index contributed by atoms with van der Waals surface area (Å²) >= 11 is 11.7. The zero-order chi connectivity index (χ0) is 16.2. The van der Waals surface area contributed by atoms with Crippen molar-refractivity contribution in [1.29, 1.82) is 0 Å². The average molecular weight is 373 g/mol. The van der Waals surface area contributed by atoms with Crippen LogP contribution >= 0.6 is 33.9 Å². The van der Waals surface area contributed by atoms with Crippen LogP contribution in [0.4, 0.5) is 0 Å². The lowest BCUT2D eigenvalue weighted by molar-refractivity contribution is 0.0952. The minimum Gasteiger partial charge on any atom is -0.352 e. The Kier molecular flexibility index (Phi) is 6.78. The molecule has 0 aliphatic heterocycles. The van der Waals surface area contributed by atoms with Gasteiger partial charge in [0.15, 0.2) is 0 Å². The van der Waals surface area contributed by atoms with Crippen molar-refractivity contribution >= 4 is 48.8 Å². The van der Waals surface area contributed by atoms with Crippen molar-refractivity contribution in [1.82, 2.24) is 5.32 Å². The molecule has 0 saturated heterocycles. The van der Waals surface area contributed by atoms with Gasteiger partial charge in [0.1, 0.15) is 4.90 Å². The summed E-state index contributed by atoms with van der Waals surface area (Å²) in [5.74, 6) is 0.0935. The molecule has 4 nitrogen and oxygen atoms in total. The largest absolute Gasteiger partial charge is 0.352 e. The van der Waals surface area contributed by atoms with Crippen LogP contribution in [0.15, 0.2) is 17.0 Å². The van der Waals surface area contributed by atoms with Crippen molar-refractivity contribution in [2.24, 2.45) is 5.92 Å². The van der Waals surface area contributed by atoms with Gasteiger partial charge in [-0.3, -0.25) is 4.79 Å². The maximum atomic E-state index is 12.0. The molecule has 0 spiro atoms. The van der Waals surface area contributed by atoms with Gasteiger partial charge >= 0.3 is 0 Å². The molecule has 0 bridgehead atoms. The molecule has 21 heavy (non-hydrogen) atoms. The van der Waals surface area contributed by atoms with Crippen molar-refractivity contribution in [3.63, 3.8) is 0 Å². The van der Waals surface area contributed by atoms with Crippen molar-refractivity contribution in [3.8, 4) is 0 Å². The van der Waals surface area contributed by atoms with E-state index >= 15 is 0 Å². The monoisotopic (exact) mass is 371 g/mol. The zero-order valence-electron chi connectivity index (χ0n) is 11.6. The number of halogens is 3. The Morgan fingerprint density at radius 1 is 1.24 bits per heavy atom. The summed E-state index contributed by atoms with van der Waals surface area (Å²) < 4.78 is 22.8. The predicted molar refractivity (Wildman–Crippen MR) is 85.9 cm³/mol. The number of nitrogens with one attached hydrogen (secondary N) is 1. The van der Waals surface area contributed by atoms with Crippen LogP contribution in [0.2, 0.25) is 10.0 Å². The van der Waals surface area contributed by atoms with Gasteiger partial charge < -0.3 is 5.32 Å². The summed E-state index contributed by atoms with van der Waals surface area (Å²) in [6.45, 7) is 4.67. The van der Waals surface area contributed by atoms with Crippen LogP contribution in [-0.4, -0.2) is 20.9 Å². The maximum Gasteiger partial charge on any atom is 0.262 e. The molecule has 1 aromatic carbocycles. The van der Waals surface area contributed by atoms with Crippen molar-refractivity contribution in [2.75, 3.05) is 6.54 Å². The predicted octanol–water partition coefficient (Wildman–Crippen LogP) is 4.09. The summed E-state index contributed by atoms with van der Waals surface area (Å²) in [5.41, 5.74) is 0.0323. The van der Waals surface area contributed by atoms with Gasteiger partial charge in [0.25, 0.3) is 15.0 Å². The first-order valence-corrected chi connectivity index (χ1v) is 9.41. The van der Waals surface area contributed by atoms with Crippen LogP contribution in [0.3, 0.4) is 0 Å². The molecule has 0 unspecified atom stereocenters. The summed E-state index contributed by atoms with van der Waals surface area (Å²) in [6, 6.07) is 2.28. The molecule has 0 aliphatic rings. The molecule has 1 rings (SSSR count). The van der Waals surface area contributed by atoms with Gasteiger partial charge in [-0.05, 0) is 30.9 Å². The molecule has 118 valence electrons. The van der Waals surface area contributed by atoms with E-state index in [4.69, 9.17) is 33.9 Å².